The summed E-state index contributed by atoms with van der Waals surface area (Å²) in [6.45, 7) is 6.51. The van der Waals surface area contributed by atoms with E-state index in [1.807, 2.05) is 12.1 Å². The van der Waals surface area contributed by atoms with Crippen molar-refractivity contribution < 1.29 is 4.74 Å². The second-order valence-corrected chi connectivity index (χ2v) is 6.04. The van der Waals surface area contributed by atoms with E-state index in [1.54, 1.807) is 13.2 Å². The minimum atomic E-state index is 0.0515. The molecule has 0 amide bonds. The van der Waals surface area contributed by atoms with Crippen LogP contribution < -0.4 is 10.1 Å². The normalized spacial score (nSPS) is 11.6. The van der Waals surface area contributed by atoms with Crippen molar-refractivity contribution in [2.45, 2.75) is 26.2 Å². The molecule has 114 valence electrons. The number of benzene rings is 1. The Kier molecular flexibility index (Phi) is 3.40. The Labute approximate surface area is 128 Å². The van der Waals surface area contributed by atoms with Gasteiger partial charge in [0, 0.05) is 0 Å². The maximum absolute atomic E-state index is 5.42. The third kappa shape index (κ3) is 2.69. The number of hydrogen-bond acceptors (Lipinski definition) is 6. The van der Waals surface area contributed by atoms with E-state index < -0.39 is 0 Å². The molecular formula is C15H18N6O. The molecule has 0 saturated carbocycles. The van der Waals surface area contributed by atoms with Crippen LogP contribution in [0.25, 0.3) is 5.65 Å². The highest BCUT2D eigenvalue weighted by Gasteiger charge is 2.16. The zero-order valence-electron chi connectivity index (χ0n) is 13.0. The Morgan fingerprint density at radius 3 is 2.68 bits per heavy atom. The topological polar surface area (TPSA) is 77.2 Å². The van der Waals surface area contributed by atoms with Crippen LogP contribution in [0.5, 0.6) is 5.75 Å². The number of fused-ring (bicyclic) bond motifs is 1. The third-order valence-electron chi connectivity index (χ3n) is 3.40. The fourth-order valence-corrected chi connectivity index (χ4v) is 2.13. The Morgan fingerprint density at radius 2 is 1.95 bits per heavy atom. The molecule has 2 heterocycles. The minimum Gasteiger partial charge on any atom is -0.495 e. The monoisotopic (exact) mass is 298 g/mol. The van der Waals surface area contributed by atoms with E-state index in [1.165, 1.54) is 10.2 Å². The second-order valence-electron chi connectivity index (χ2n) is 6.04. The van der Waals surface area contributed by atoms with Crippen molar-refractivity contribution in [3.63, 3.8) is 0 Å². The molecule has 0 aliphatic carbocycles. The van der Waals surface area contributed by atoms with Gasteiger partial charge in [-0.15, -0.1) is 14.8 Å². The number of ether oxygens (including phenoxy) is 1. The summed E-state index contributed by atoms with van der Waals surface area (Å²) in [7, 11) is 1.65. The van der Waals surface area contributed by atoms with Gasteiger partial charge < -0.3 is 10.1 Å². The molecule has 0 unspecified atom stereocenters. The molecular weight excluding hydrogens is 280 g/mol. The molecule has 1 N–H and O–H groups in total. The standard InChI is InChI=1S/C15H18N6O/c1-15(2,3)10-5-6-12(22-4)11(9-10)16-13-7-8-14-17-19-20-21(14)18-13/h5-9H,1-4H3,(H,16,18). The second kappa shape index (κ2) is 5.25. The largest absolute Gasteiger partial charge is 0.495 e. The van der Waals surface area contributed by atoms with Gasteiger partial charge in [0.15, 0.2) is 11.5 Å². The van der Waals surface area contributed by atoms with Gasteiger partial charge in [-0.1, -0.05) is 26.8 Å². The summed E-state index contributed by atoms with van der Waals surface area (Å²) in [4.78, 5) is 0. The predicted octanol–water partition coefficient (Wildman–Crippen LogP) is 2.57. The van der Waals surface area contributed by atoms with Crippen LogP contribution in [-0.4, -0.2) is 32.4 Å². The molecule has 1 aromatic carbocycles. The van der Waals surface area contributed by atoms with Crippen LogP contribution in [-0.2, 0) is 5.41 Å². The maximum atomic E-state index is 5.42. The van der Waals surface area contributed by atoms with Crippen LogP contribution in [0.15, 0.2) is 30.3 Å². The highest BCUT2D eigenvalue weighted by molar-refractivity contribution is 5.66. The Bertz CT molecular complexity index is 805. The molecule has 22 heavy (non-hydrogen) atoms. The van der Waals surface area contributed by atoms with Crippen molar-refractivity contribution in [1.29, 1.82) is 0 Å². The first-order valence-electron chi connectivity index (χ1n) is 6.98. The van der Waals surface area contributed by atoms with Crippen LogP contribution in [0.4, 0.5) is 11.5 Å². The summed E-state index contributed by atoms with van der Waals surface area (Å²) >= 11 is 0. The molecule has 3 aromatic rings. The number of tetrazole rings is 1. The SMILES string of the molecule is COc1ccc(C(C)(C)C)cc1Nc1ccc2nnnn2n1. The maximum Gasteiger partial charge on any atom is 0.200 e. The van der Waals surface area contributed by atoms with Crippen LogP contribution in [0.2, 0.25) is 0 Å². The lowest BCUT2D eigenvalue weighted by molar-refractivity contribution is 0.416. The first kappa shape index (κ1) is 14.2. The summed E-state index contributed by atoms with van der Waals surface area (Å²) in [5, 5.41) is 18.8. The van der Waals surface area contributed by atoms with Crippen LogP contribution >= 0.6 is 0 Å². The van der Waals surface area contributed by atoms with E-state index >= 15 is 0 Å². The van der Waals surface area contributed by atoms with Crippen molar-refractivity contribution in [3.05, 3.63) is 35.9 Å². The molecule has 7 heteroatoms. The summed E-state index contributed by atoms with van der Waals surface area (Å²) in [5.41, 5.74) is 2.71. The Balaban J connectivity index is 1.98. The van der Waals surface area contributed by atoms with E-state index in [-0.39, 0.29) is 5.41 Å². The molecule has 0 aliphatic heterocycles. The van der Waals surface area contributed by atoms with Gasteiger partial charge in [0.1, 0.15) is 5.75 Å². The summed E-state index contributed by atoms with van der Waals surface area (Å²) < 4.78 is 6.80. The van der Waals surface area contributed by atoms with E-state index in [0.717, 1.165) is 11.4 Å². The average Bonchev–Trinajstić information content (AvgIpc) is 2.94. The third-order valence-corrected chi connectivity index (χ3v) is 3.40. The van der Waals surface area contributed by atoms with E-state index in [9.17, 15) is 0 Å². The van der Waals surface area contributed by atoms with Crippen molar-refractivity contribution in [1.82, 2.24) is 25.3 Å². The van der Waals surface area contributed by atoms with Crippen molar-refractivity contribution in [2.24, 2.45) is 0 Å². The first-order valence-corrected chi connectivity index (χ1v) is 6.98. The first-order chi connectivity index (χ1) is 10.5. The fraction of sp³-hybridized carbons (Fsp3) is 0.333. The molecule has 0 aliphatic rings. The van der Waals surface area contributed by atoms with Gasteiger partial charge in [-0.3, -0.25) is 0 Å². The summed E-state index contributed by atoms with van der Waals surface area (Å²) in [6.07, 6.45) is 0. The highest BCUT2D eigenvalue weighted by Crippen LogP contribution is 2.32. The average molecular weight is 298 g/mol. The molecule has 3 rings (SSSR count). The Hall–Kier alpha value is -2.70. The molecule has 0 radical (unpaired) electrons. The highest BCUT2D eigenvalue weighted by atomic mass is 16.5. The molecule has 7 nitrogen and oxygen atoms in total. The fourth-order valence-electron chi connectivity index (χ4n) is 2.13. The minimum absolute atomic E-state index is 0.0515. The Morgan fingerprint density at radius 1 is 1.14 bits per heavy atom. The van der Waals surface area contributed by atoms with Crippen LogP contribution in [0, 0.1) is 0 Å². The van der Waals surface area contributed by atoms with E-state index in [2.05, 4.69) is 58.8 Å². The van der Waals surface area contributed by atoms with Gasteiger partial charge in [0.2, 0.25) is 0 Å². The van der Waals surface area contributed by atoms with Gasteiger partial charge in [0.05, 0.1) is 12.8 Å². The number of hydrogen-bond donors (Lipinski definition) is 1. The number of nitrogens with one attached hydrogen (secondary N) is 1. The number of nitrogens with zero attached hydrogens (tertiary/aromatic N) is 5. The zero-order chi connectivity index (χ0) is 15.7. The predicted molar refractivity (Wildman–Crippen MR) is 83.6 cm³/mol. The molecule has 0 bridgehead atoms. The number of anilines is 2. The van der Waals surface area contributed by atoms with Crippen LogP contribution in [0.3, 0.4) is 0 Å². The zero-order valence-corrected chi connectivity index (χ0v) is 13.0. The van der Waals surface area contributed by atoms with Gasteiger partial charge in [0.25, 0.3) is 0 Å². The van der Waals surface area contributed by atoms with Gasteiger partial charge in [-0.25, -0.2) is 0 Å². The number of rotatable bonds is 3. The van der Waals surface area contributed by atoms with Gasteiger partial charge >= 0.3 is 0 Å². The lowest BCUT2D eigenvalue weighted by Gasteiger charge is -2.21. The lowest BCUT2D eigenvalue weighted by atomic mass is 9.87. The van der Waals surface area contributed by atoms with E-state index in [4.69, 9.17) is 4.74 Å². The van der Waals surface area contributed by atoms with Crippen molar-refractivity contribution in [3.8, 4) is 5.75 Å². The van der Waals surface area contributed by atoms with Crippen molar-refractivity contribution >= 4 is 17.2 Å². The summed E-state index contributed by atoms with van der Waals surface area (Å²) in [6, 6.07) is 9.73. The summed E-state index contributed by atoms with van der Waals surface area (Å²) in [5.74, 6) is 1.40. The molecule has 0 fully saturated rings. The number of aromatic nitrogens is 5. The molecule has 0 saturated heterocycles. The molecule has 0 atom stereocenters. The van der Waals surface area contributed by atoms with Crippen LogP contribution in [0.1, 0.15) is 26.3 Å². The quantitative estimate of drug-likeness (QED) is 0.800. The number of methoxy groups -OCH3 is 1. The lowest BCUT2D eigenvalue weighted by Crippen LogP contribution is -2.11. The van der Waals surface area contributed by atoms with Crippen molar-refractivity contribution in [2.75, 3.05) is 12.4 Å². The van der Waals surface area contributed by atoms with Gasteiger partial charge in [-0.2, -0.15) is 0 Å². The van der Waals surface area contributed by atoms with Gasteiger partial charge in [-0.05, 0) is 45.7 Å². The molecule has 0 spiro atoms. The molecule has 2 aromatic heterocycles. The smallest absolute Gasteiger partial charge is 0.200 e. The van der Waals surface area contributed by atoms with E-state index in [0.29, 0.717) is 11.5 Å².